The molecule has 0 aliphatic heterocycles. The maximum Gasteiger partial charge on any atom is 0.258 e. The number of hydrogen-bond acceptors (Lipinski definition) is 2. The van der Waals surface area contributed by atoms with Crippen LogP contribution >= 0.6 is 11.6 Å². The fourth-order valence-corrected chi connectivity index (χ4v) is 3.18. The molecule has 1 aliphatic rings. The van der Waals surface area contributed by atoms with E-state index in [1.54, 1.807) is 6.07 Å². The molecule has 0 heterocycles. The number of aryl methyl sites for hydroxylation is 2. The van der Waals surface area contributed by atoms with E-state index in [0.29, 0.717) is 10.8 Å². The van der Waals surface area contributed by atoms with Crippen LogP contribution in [0, 0.1) is 6.92 Å². The van der Waals surface area contributed by atoms with Gasteiger partial charge >= 0.3 is 0 Å². The molecule has 0 aromatic heterocycles. The Hall–Kier alpha value is -2.00. The molecular weight excluding hydrogens is 310 g/mol. The van der Waals surface area contributed by atoms with Crippen molar-refractivity contribution in [3.05, 3.63) is 64.2 Å². The molecule has 0 saturated carbocycles. The Kier molecular flexibility index (Phi) is 4.87. The summed E-state index contributed by atoms with van der Waals surface area (Å²) in [6.07, 6.45) is 3.14. The van der Waals surface area contributed by atoms with Crippen LogP contribution in [0.3, 0.4) is 0 Å². The lowest BCUT2D eigenvalue weighted by molar-refractivity contribution is -0.123. The molecule has 0 spiro atoms. The molecule has 23 heavy (non-hydrogen) atoms. The van der Waals surface area contributed by atoms with Gasteiger partial charge in [0.2, 0.25) is 0 Å². The number of nitrogens with one attached hydrogen (secondary N) is 1. The summed E-state index contributed by atoms with van der Waals surface area (Å²) in [6.45, 7) is 1.93. The Morgan fingerprint density at radius 2 is 2.13 bits per heavy atom. The molecule has 1 atom stereocenters. The maximum absolute atomic E-state index is 12.2. The van der Waals surface area contributed by atoms with E-state index in [0.717, 1.165) is 24.8 Å². The molecule has 1 amide bonds. The molecule has 1 aliphatic carbocycles. The largest absolute Gasteiger partial charge is 0.482 e. The third kappa shape index (κ3) is 3.85. The van der Waals surface area contributed by atoms with Crippen molar-refractivity contribution >= 4 is 17.5 Å². The van der Waals surface area contributed by atoms with E-state index in [-0.39, 0.29) is 18.6 Å². The molecule has 0 fully saturated rings. The van der Waals surface area contributed by atoms with Gasteiger partial charge in [0.25, 0.3) is 5.91 Å². The van der Waals surface area contributed by atoms with E-state index in [4.69, 9.17) is 16.3 Å². The summed E-state index contributed by atoms with van der Waals surface area (Å²) in [4.78, 5) is 12.2. The molecule has 1 unspecified atom stereocenters. The van der Waals surface area contributed by atoms with Crippen LogP contribution in [0.25, 0.3) is 0 Å². The average Bonchev–Trinajstić information content (AvgIpc) is 2.56. The molecule has 3 rings (SSSR count). The van der Waals surface area contributed by atoms with Crippen molar-refractivity contribution in [2.24, 2.45) is 0 Å². The van der Waals surface area contributed by atoms with Gasteiger partial charge in [-0.3, -0.25) is 4.79 Å². The van der Waals surface area contributed by atoms with Crippen LogP contribution in [0.1, 0.15) is 35.6 Å². The first-order valence-corrected chi connectivity index (χ1v) is 8.27. The zero-order valence-electron chi connectivity index (χ0n) is 13.1. The minimum Gasteiger partial charge on any atom is -0.482 e. The van der Waals surface area contributed by atoms with Crippen molar-refractivity contribution in [3.63, 3.8) is 0 Å². The van der Waals surface area contributed by atoms with E-state index in [1.165, 1.54) is 11.1 Å². The minimum atomic E-state index is -0.121. The zero-order valence-corrected chi connectivity index (χ0v) is 13.9. The lowest BCUT2D eigenvalue weighted by atomic mass is 9.88. The van der Waals surface area contributed by atoms with E-state index in [9.17, 15) is 4.79 Å². The Labute approximate surface area is 141 Å². The zero-order chi connectivity index (χ0) is 16.2. The second kappa shape index (κ2) is 7.05. The van der Waals surface area contributed by atoms with Crippen molar-refractivity contribution in [2.75, 3.05) is 6.61 Å². The Morgan fingerprint density at radius 1 is 1.30 bits per heavy atom. The van der Waals surface area contributed by atoms with Crippen molar-refractivity contribution < 1.29 is 9.53 Å². The highest BCUT2D eigenvalue weighted by Crippen LogP contribution is 2.29. The molecule has 3 nitrogen and oxygen atoms in total. The highest BCUT2D eigenvalue weighted by molar-refractivity contribution is 6.32. The molecule has 2 aromatic carbocycles. The second-order valence-electron chi connectivity index (χ2n) is 5.93. The fourth-order valence-electron chi connectivity index (χ4n) is 3.00. The highest BCUT2D eigenvalue weighted by atomic mass is 35.5. The molecule has 0 saturated heterocycles. The molecular formula is C19H20ClNO2. The van der Waals surface area contributed by atoms with Crippen LogP contribution < -0.4 is 10.1 Å². The first-order chi connectivity index (χ1) is 11.1. The molecule has 0 bridgehead atoms. The Balaban J connectivity index is 1.61. The monoisotopic (exact) mass is 329 g/mol. The topological polar surface area (TPSA) is 38.3 Å². The SMILES string of the molecule is Cc1ccc(Cl)c(OCC(=O)NC2CCCc3ccccc32)c1. The van der Waals surface area contributed by atoms with Crippen molar-refractivity contribution in [2.45, 2.75) is 32.2 Å². The Morgan fingerprint density at radius 3 is 3.00 bits per heavy atom. The van der Waals surface area contributed by atoms with Crippen molar-refractivity contribution in [1.29, 1.82) is 0 Å². The van der Waals surface area contributed by atoms with Gasteiger partial charge in [0.05, 0.1) is 11.1 Å². The lowest BCUT2D eigenvalue weighted by Gasteiger charge is -2.26. The summed E-state index contributed by atoms with van der Waals surface area (Å²) in [5.41, 5.74) is 3.60. The fraction of sp³-hybridized carbons (Fsp3) is 0.316. The van der Waals surface area contributed by atoms with Crippen LogP contribution in [0.2, 0.25) is 5.02 Å². The maximum atomic E-state index is 12.2. The number of fused-ring (bicyclic) bond motifs is 1. The van der Waals surface area contributed by atoms with Crippen LogP contribution in [0.4, 0.5) is 0 Å². The van der Waals surface area contributed by atoms with E-state index >= 15 is 0 Å². The minimum absolute atomic E-state index is 0.0260. The normalized spacial score (nSPS) is 16.5. The molecule has 0 radical (unpaired) electrons. The summed E-state index contributed by atoms with van der Waals surface area (Å²) in [5, 5.41) is 3.59. The van der Waals surface area contributed by atoms with Gasteiger partial charge < -0.3 is 10.1 Å². The number of hydrogen-bond donors (Lipinski definition) is 1. The second-order valence-corrected chi connectivity index (χ2v) is 6.34. The van der Waals surface area contributed by atoms with Gasteiger partial charge in [-0.05, 0) is 55.0 Å². The van der Waals surface area contributed by atoms with E-state index in [1.807, 2.05) is 31.2 Å². The van der Waals surface area contributed by atoms with Crippen LogP contribution in [-0.2, 0) is 11.2 Å². The van der Waals surface area contributed by atoms with Gasteiger partial charge in [-0.15, -0.1) is 0 Å². The first kappa shape index (κ1) is 15.9. The standard InChI is InChI=1S/C19H20ClNO2/c1-13-9-10-16(20)18(11-13)23-12-19(22)21-17-8-4-6-14-5-2-3-7-15(14)17/h2-3,5,7,9-11,17H,4,6,8,12H2,1H3,(H,21,22). The van der Waals surface area contributed by atoms with Crippen LogP contribution in [-0.4, -0.2) is 12.5 Å². The van der Waals surface area contributed by atoms with Crippen molar-refractivity contribution in [1.82, 2.24) is 5.32 Å². The smallest absolute Gasteiger partial charge is 0.258 e. The summed E-state index contributed by atoms with van der Waals surface area (Å²) in [6, 6.07) is 13.9. The number of carbonyl (C=O) groups is 1. The molecule has 2 aromatic rings. The van der Waals surface area contributed by atoms with Gasteiger partial charge in [0.1, 0.15) is 5.75 Å². The summed E-state index contributed by atoms with van der Waals surface area (Å²) in [5.74, 6) is 0.426. The number of rotatable bonds is 4. The quantitative estimate of drug-likeness (QED) is 0.912. The number of ether oxygens (including phenoxy) is 1. The van der Waals surface area contributed by atoms with Gasteiger partial charge in [0, 0.05) is 0 Å². The van der Waals surface area contributed by atoms with Gasteiger partial charge in [-0.1, -0.05) is 41.9 Å². The summed E-state index contributed by atoms with van der Waals surface area (Å²) >= 11 is 6.08. The van der Waals surface area contributed by atoms with Crippen molar-refractivity contribution in [3.8, 4) is 5.75 Å². The Bertz CT molecular complexity index is 714. The summed E-state index contributed by atoms with van der Waals surface area (Å²) in [7, 11) is 0. The van der Waals surface area contributed by atoms with E-state index < -0.39 is 0 Å². The average molecular weight is 330 g/mol. The van der Waals surface area contributed by atoms with Crippen LogP contribution in [0.15, 0.2) is 42.5 Å². The number of halogens is 1. The summed E-state index contributed by atoms with van der Waals surface area (Å²) < 4.78 is 5.56. The predicted octanol–water partition coefficient (Wildman–Crippen LogP) is 4.22. The molecule has 4 heteroatoms. The van der Waals surface area contributed by atoms with Gasteiger partial charge in [-0.2, -0.15) is 0 Å². The number of amides is 1. The predicted molar refractivity (Wildman–Crippen MR) is 91.9 cm³/mol. The third-order valence-corrected chi connectivity index (χ3v) is 4.46. The molecule has 120 valence electrons. The van der Waals surface area contributed by atoms with Crippen LogP contribution in [0.5, 0.6) is 5.75 Å². The third-order valence-electron chi connectivity index (χ3n) is 4.15. The lowest BCUT2D eigenvalue weighted by Crippen LogP contribution is -2.34. The first-order valence-electron chi connectivity index (χ1n) is 7.89. The highest BCUT2D eigenvalue weighted by Gasteiger charge is 2.21. The molecule has 1 N–H and O–H groups in total. The number of benzene rings is 2. The van der Waals surface area contributed by atoms with E-state index in [2.05, 4.69) is 17.4 Å². The van der Waals surface area contributed by atoms with Gasteiger partial charge in [-0.25, -0.2) is 0 Å². The number of carbonyl (C=O) groups excluding carboxylic acids is 1. The van der Waals surface area contributed by atoms with Gasteiger partial charge in [0.15, 0.2) is 6.61 Å².